The third-order valence-electron chi connectivity index (χ3n) is 2.79. The molecule has 0 aliphatic heterocycles. The molecule has 26 heavy (non-hydrogen) atoms. The molecule has 0 aliphatic carbocycles. The van der Waals surface area contributed by atoms with Crippen LogP contribution in [-0.2, 0) is 28.6 Å². The minimum atomic E-state index is -0.745. The summed E-state index contributed by atoms with van der Waals surface area (Å²) in [5.41, 5.74) is 0. The molecule has 0 aromatic carbocycles. The van der Waals surface area contributed by atoms with E-state index in [1.165, 1.54) is 6.92 Å². The molecule has 0 bridgehead atoms. The van der Waals surface area contributed by atoms with E-state index < -0.39 is 12.2 Å². The van der Waals surface area contributed by atoms with Crippen molar-refractivity contribution in [1.82, 2.24) is 0 Å². The minimum absolute atomic E-state index is 0.0896. The molecular weight excluding hydrogens is 344 g/mol. The van der Waals surface area contributed by atoms with Gasteiger partial charge in [-0.2, -0.15) is 0 Å². The predicted molar refractivity (Wildman–Crippen MR) is 95.3 cm³/mol. The average Bonchev–Trinajstić information content (AvgIpc) is 2.58. The summed E-state index contributed by atoms with van der Waals surface area (Å²) in [4.78, 5) is 34.1. The molecule has 0 heterocycles. The summed E-state index contributed by atoms with van der Waals surface area (Å²) < 4.78 is 15.2. The van der Waals surface area contributed by atoms with Gasteiger partial charge in [-0.25, -0.2) is 0 Å². The Labute approximate surface area is 155 Å². The molecule has 8 nitrogen and oxygen atoms in total. The van der Waals surface area contributed by atoms with Crippen molar-refractivity contribution in [3.05, 3.63) is 0 Å². The van der Waals surface area contributed by atoms with E-state index in [0.29, 0.717) is 32.1 Å². The number of hydrogen-bond acceptors (Lipinski definition) is 8. The summed E-state index contributed by atoms with van der Waals surface area (Å²) in [5, 5.41) is 16.0. The Morgan fingerprint density at radius 2 is 1.15 bits per heavy atom. The van der Waals surface area contributed by atoms with Gasteiger partial charge in [-0.3, -0.25) is 14.4 Å². The van der Waals surface area contributed by atoms with E-state index >= 15 is 0 Å². The van der Waals surface area contributed by atoms with Gasteiger partial charge in [0.1, 0.15) is 13.2 Å². The highest BCUT2D eigenvalue weighted by molar-refractivity contribution is 5.71. The molecule has 0 aliphatic rings. The van der Waals surface area contributed by atoms with Gasteiger partial charge in [0.2, 0.25) is 0 Å². The Morgan fingerprint density at radius 1 is 0.808 bits per heavy atom. The van der Waals surface area contributed by atoms with Gasteiger partial charge < -0.3 is 24.4 Å². The highest BCUT2D eigenvalue weighted by atomic mass is 16.6. The van der Waals surface area contributed by atoms with Gasteiger partial charge in [-0.1, -0.05) is 20.8 Å². The van der Waals surface area contributed by atoms with Crippen LogP contribution in [0.1, 0.15) is 66.2 Å². The zero-order chi connectivity index (χ0) is 20.4. The lowest BCUT2D eigenvalue weighted by atomic mass is 10.3. The van der Waals surface area contributed by atoms with Crippen LogP contribution < -0.4 is 0 Å². The van der Waals surface area contributed by atoms with Crippen molar-refractivity contribution in [2.45, 2.75) is 78.4 Å². The zero-order valence-corrected chi connectivity index (χ0v) is 16.4. The number of aliphatic hydroxyl groups is 2. The van der Waals surface area contributed by atoms with Crippen molar-refractivity contribution < 1.29 is 38.8 Å². The maximum Gasteiger partial charge on any atom is 0.306 e. The van der Waals surface area contributed by atoms with Gasteiger partial charge in [0, 0.05) is 19.3 Å². The van der Waals surface area contributed by atoms with Crippen molar-refractivity contribution in [3.8, 4) is 0 Å². The van der Waals surface area contributed by atoms with E-state index in [-0.39, 0.29) is 44.1 Å². The van der Waals surface area contributed by atoms with Crippen molar-refractivity contribution in [2.24, 2.45) is 0 Å². The second kappa shape index (κ2) is 18.1. The van der Waals surface area contributed by atoms with E-state index in [2.05, 4.69) is 0 Å². The molecule has 0 amide bonds. The average molecular weight is 378 g/mol. The first kappa shape index (κ1) is 26.6. The summed E-state index contributed by atoms with van der Waals surface area (Å²) in [7, 11) is 0. The molecule has 0 fully saturated rings. The Bertz CT molecular complexity index is 359. The molecule has 0 aromatic rings. The number of hydrogen-bond donors (Lipinski definition) is 2. The molecule has 1 unspecified atom stereocenters. The van der Waals surface area contributed by atoms with E-state index in [1.54, 1.807) is 0 Å². The van der Waals surface area contributed by atoms with Crippen LogP contribution in [0.4, 0.5) is 0 Å². The van der Waals surface area contributed by atoms with Gasteiger partial charge in [-0.05, 0) is 26.2 Å². The lowest BCUT2D eigenvalue weighted by molar-refractivity contribution is -0.166. The van der Waals surface area contributed by atoms with E-state index in [9.17, 15) is 14.4 Å². The fraction of sp³-hybridized carbons (Fsp3) is 0.833. The van der Waals surface area contributed by atoms with E-state index in [4.69, 9.17) is 24.4 Å². The molecule has 0 aromatic heterocycles. The SMILES string of the molecule is CC(O)CO.CCCC(=O)OCC(COC(=O)CCC)OC(=O)CCC. The molecule has 0 spiro atoms. The van der Waals surface area contributed by atoms with Crippen molar-refractivity contribution in [1.29, 1.82) is 0 Å². The van der Waals surface area contributed by atoms with Gasteiger partial charge in [0.15, 0.2) is 6.10 Å². The number of aliphatic hydroxyl groups excluding tert-OH is 2. The standard InChI is InChI=1S/C15H26O6.C3H8O2/c1-4-7-13(16)19-10-12(21-15(18)9-6-3)11-20-14(17)8-5-2;1-3(5)2-4/h12H,4-11H2,1-3H3;3-5H,2H2,1H3. The summed E-state index contributed by atoms with van der Waals surface area (Å²) in [6.45, 7) is 6.80. The molecule has 1 atom stereocenters. The topological polar surface area (TPSA) is 119 Å². The van der Waals surface area contributed by atoms with Crippen LogP contribution in [0.15, 0.2) is 0 Å². The van der Waals surface area contributed by atoms with Gasteiger partial charge in [0.05, 0.1) is 12.7 Å². The fourth-order valence-corrected chi connectivity index (χ4v) is 1.49. The predicted octanol–water partition coefficient (Wildman–Crippen LogP) is 1.74. The molecular formula is C18H34O8. The smallest absolute Gasteiger partial charge is 0.306 e. The summed E-state index contributed by atoms with van der Waals surface area (Å²) in [6.07, 6.45) is 1.63. The van der Waals surface area contributed by atoms with E-state index in [1.807, 2.05) is 20.8 Å². The van der Waals surface area contributed by atoms with Crippen LogP contribution in [0.2, 0.25) is 0 Å². The second-order valence-electron chi connectivity index (χ2n) is 5.76. The largest absolute Gasteiger partial charge is 0.462 e. The summed E-state index contributed by atoms with van der Waals surface area (Å²) in [5.74, 6) is -1.09. The van der Waals surface area contributed by atoms with Crippen LogP contribution in [0, 0.1) is 0 Å². The highest BCUT2D eigenvalue weighted by Gasteiger charge is 2.18. The number of ether oxygens (including phenoxy) is 3. The second-order valence-corrected chi connectivity index (χ2v) is 5.76. The van der Waals surface area contributed by atoms with Crippen molar-refractivity contribution >= 4 is 17.9 Å². The number of rotatable bonds is 12. The van der Waals surface area contributed by atoms with E-state index in [0.717, 1.165) is 0 Å². The van der Waals surface area contributed by atoms with Crippen LogP contribution in [0.3, 0.4) is 0 Å². The summed E-state index contributed by atoms with van der Waals surface area (Å²) in [6, 6.07) is 0. The maximum absolute atomic E-state index is 11.5. The third-order valence-corrected chi connectivity index (χ3v) is 2.79. The number of carbonyl (C=O) groups is 3. The molecule has 0 saturated heterocycles. The Morgan fingerprint density at radius 3 is 1.46 bits per heavy atom. The minimum Gasteiger partial charge on any atom is -0.462 e. The lowest BCUT2D eigenvalue weighted by Gasteiger charge is -2.18. The maximum atomic E-state index is 11.5. The number of esters is 3. The quantitative estimate of drug-likeness (QED) is 0.389. The van der Waals surface area contributed by atoms with Crippen LogP contribution >= 0.6 is 0 Å². The first-order chi connectivity index (χ1) is 12.3. The third kappa shape index (κ3) is 18.7. The first-order valence-electron chi connectivity index (χ1n) is 9.10. The lowest BCUT2D eigenvalue weighted by Crippen LogP contribution is -2.30. The normalized spacial score (nSPS) is 11.2. The summed E-state index contributed by atoms with van der Waals surface area (Å²) >= 11 is 0. The first-order valence-corrected chi connectivity index (χ1v) is 9.10. The molecule has 0 saturated carbocycles. The Balaban J connectivity index is 0. The molecule has 0 radical (unpaired) electrons. The van der Waals surface area contributed by atoms with Crippen LogP contribution in [0.5, 0.6) is 0 Å². The van der Waals surface area contributed by atoms with Crippen molar-refractivity contribution in [3.63, 3.8) is 0 Å². The monoisotopic (exact) mass is 378 g/mol. The zero-order valence-electron chi connectivity index (χ0n) is 16.4. The molecule has 154 valence electrons. The van der Waals surface area contributed by atoms with Gasteiger partial charge >= 0.3 is 17.9 Å². The van der Waals surface area contributed by atoms with Crippen molar-refractivity contribution in [2.75, 3.05) is 19.8 Å². The Hall–Kier alpha value is -1.67. The molecule has 2 N–H and O–H groups in total. The van der Waals surface area contributed by atoms with Gasteiger partial charge in [-0.15, -0.1) is 0 Å². The van der Waals surface area contributed by atoms with Crippen LogP contribution in [0.25, 0.3) is 0 Å². The molecule has 0 rings (SSSR count). The fourth-order valence-electron chi connectivity index (χ4n) is 1.49. The Kier molecular flexibility index (Phi) is 18.5. The number of carbonyl (C=O) groups excluding carboxylic acids is 3. The van der Waals surface area contributed by atoms with Gasteiger partial charge in [0.25, 0.3) is 0 Å². The van der Waals surface area contributed by atoms with Crippen LogP contribution in [-0.4, -0.2) is 60.1 Å². The highest BCUT2D eigenvalue weighted by Crippen LogP contribution is 2.03. The molecule has 8 heteroatoms.